The summed E-state index contributed by atoms with van der Waals surface area (Å²) in [5, 5.41) is 34.2. The maximum Gasteiger partial charge on any atom is 0.245 e. The van der Waals surface area contributed by atoms with Crippen LogP contribution in [0.4, 0.5) is 0 Å². The number of hydrogen-bond donors (Lipinski definition) is 11. The Bertz CT molecular complexity index is 1360. The second-order valence-corrected chi connectivity index (χ2v) is 15.2. The molecule has 344 valence electrons. The summed E-state index contributed by atoms with van der Waals surface area (Å²) < 4.78 is 0. The minimum Gasteiger partial charge on any atom is -0.398 e. The Balaban J connectivity index is 5.29. The summed E-state index contributed by atoms with van der Waals surface area (Å²) in [6, 6.07) is -6.95. The third-order valence-electron chi connectivity index (χ3n) is 9.90. The molecule has 0 aliphatic carbocycles. The van der Waals surface area contributed by atoms with Crippen LogP contribution in [0.3, 0.4) is 0 Å². The molecule has 0 heterocycles. The van der Waals surface area contributed by atoms with Gasteiger partial charge in [-0.15, -0.1) is 0 Å². The second kappa shape index (κ2) is 34.1. The van der Waals surface area contributed by atoms with E-state index in [4.69, 9.17) is 11.5 Å². The monoisotopic (exact) mass is 855 g/mol. The average molecular weight is 855 g/mol. The van der Waals surface area contributed by atoms with Crippen molar-refractivity contribution in [1.82, 2.24) is 31.9 Å². The zero-order valence-corrected chi connectivity index (χ0v) is 36.2. The molecule has 0 unspecified atom stereocenters. The normalized spacial score (nSPS) is 13.8. The lowest BCUT2D eigenvalue weighted by molar-refractivity contribution is -0.276. The van der Waals surface area contributed by atoms with E-state index in [0.717, 1.165) is 25.7 Å². The third kappa shape index (κ3) is 26.5. The van der Waals surface area contributed by atoms with Gasteiger partial charge in [-0.25, -0.2) is 0 Å². The van der Waals surface area contributed by atoms with Gasteiger partial charge in [-0.2, -0.15) is 0 Å². The summed E-state index contributed by atoms with van der Waals surface area (Å²) in [6.07, 6.45) is 17.3. The number of amides is 7. The van der Waals surface area contributed by atoms with Crippen LogP contribution in [0.5, 0.6) is 0 Å². The Labute approximate surface area is 355 Å². The molecule has 19 nitrogen and oxygen atoms in total. The summed E-state index contributed by atoms with van der Waals surface area (Å²) in [7, 11) is 0. The number of quaternary nitrogens is 1. The number of aliphatic hydroxyl groups is 2. The van der Waals surface area contributed by atoms with E-state index >= 15 is 0 Å². The largest absolute Gasteiger partial charge is 0.398 e. The lowest BCUT2D eigenvalue weighted by Crippen LogP contribution is -2.60. The van der Waals surface area contributed by atoms with Gasteiger partial charge in [0.25, 0.3) is 0 Å². The van der Waals surface area contributed by atoms with E-state index in [1.807, 2.05) is 6.92 Å². The second-order valence-electron chi connectivity index (χ2n) is 15.2. The van der Waals surface area contributed by atoms with Crippen molar-refractivity contribution in [3.05, 3.63) is 11.9 Å². The molecule has 0 rings (SSSR count). The number of unbranched alkanes of at least 4 members (excludes halogenated alkanes) is 13. The van der Waals surface area contributed by atoms with Crippen LogP contribution in [0.1, 0.15) is 149 Å². The summed E-state index contributed by atoms with van der Waals surface area (Å²) in [5.74, 6) is -6.08. The average Bonchev–Trinajstić information content (AvgIpc) is 3.21. The lowest BCUT2D eigenvalue weighted by atomic mass is 10.0. The number of aliphatic hydroxyl groups excluding tert-OH is 2. The van der Waals surface area contributed by atoms with Crippen molar-refractivity contribution in [2.24, 2.45) is 11.5 Å². The van der Waals surface area contributed by atoms with Crippen LogP contribution in [0.25, 0.3) is 0 Å². The summed E-state index contributed by atoms with van der Waals surface area (Å²) in [5.41, 5.74) is 14.8. The number of ketones is 1. The Morgan fingerprint density at radius 1 is 0.533 bits per heavy atom. The fourth-order valence-electron chi connectivity index (χ4n) is 6.16. The van der Waals surface area contributed by atoms with Crippen molar-refractivity contribution in [2.75, 3.05) is 19.8 Å². The summed E-state index contributed by atoms with van der Waals surface area (Å²) in [6.45, 7) is 3.22. The zero-order valence-electron chi connectivity index (χ0n) is 36.2. The van der Waals surface area contributed by atoms with Crippen molar-refractivity contribution in [1.29, 1.82) is 0 Å². The first-order valence-electron chi connectivity index (χ1n) is 21.6. The van der Waals surface area contributed by atoms with E-state index in [2.05, 4.69) is 44.6 Å². The van der Waals surface area contributed by atoms with Crippen LogP contribution in [0, 0.1) is 0 Å². The first kappa shape index (κ1) is 55.4. The molecule has 19 heteroatoms. The molecule has 0 fully saturated rings. The standard InChI is InChI=1S/C41H75N9O10/c1-4-6-8-9-10-11-12-13-14-15-16-17-18-20-36(55)45-25-37(56)46-33(26-51)40(59)48-31(21-22-35(44)54)38(57)49-32(23-29(43)24-42)39(58)50-34(27-52)41(60)47-30(28(3)53)19-7-5-2/h24,30-34,51-52H,4-23,25-27,42-43H2,1-3H3,(H2,44,54)(H,45,55)(H,46,56)(H,47,60)(H,48,59)(H,49,57)(H,50,58)/p+1/b29-24-/t30-,31+,32-,33-,34-/m0/s1. The van der Waals surface area contributed by atoms with Crippen LogP contribution in [-0.2, 0) is 38.4 Å². The van der Waals surface area contributed by atoms with Gasteiger partial charge >= 0.3 is 0 Å². The minimum atomic E-state index is -1.57. The molecule has 7 amide bonds. The zero-order chi connectivity index (χ0) is 45.3. The molecule has 0 radical (unpaired) electrons. The molecule has 0 aromatic carbocycles. The van der Waals surface area contributed by atoms with E-state index in [1.165, 1.54) is 70.9 Å². The van der Waals surface area contributed by atoms with E-state index in [1.54, 1.807) is 0 Å². The summed E-state index contributed by atoms with van der Waals surface area (Å²) in [4.78, 5) is 102. The Kier molecular flexibility index (Phi) is 31.5. The number of hydrogen-bond acceptors (Lipinski definition) is 11. The van der Waals surface area contributed by atoms with Crippen LogP contribution < -0.4 is 49.1 Å². The molecule has 0 aromatic heterocycles. The van der Waals surface area contributed by atoms with E-state index < -0.39 is 85.4 Å². The van der Waals surface area contributed by atoms with Crippen LogP contribution in [-0.4, -0.2) is 107 Å². The first-order valence-corrected chi connectivity index (χ1v) is 21.6. The highest BCUT2D eigenvalue weighted by molar-refractivity contribution is 5.97. The van der Waals surface area contributed by atoms with Gasteiger partial charge in [-0.1, -0.05) is 104 Å². The molecular formula is C41H76N9O10+. The minimum absolute atomic E-state index is 0.0499. The molecule has 60 heavy (non-hydrogen) atoms. The van der Waals surface area contributed by atoms with E-state index in [9.17, 15) is 48.6 Å². The van der Waals surface area contributed by atoms with Gasteiger partial charge in [0, 0.05) is 19.3 Å². The lowest BCUT2D eigenvalue weighted by Gasteiger charge is -2.26. The van der Waals surface area contributed by atoms with Crippen LogP contribution in [0.15, 0.2) is 11.9 Å². The molecule has 0 saturated heterocycles. The highest BCUT2D eigenvalue weighted by atomic mass is 16.3. The molecule has 0 spiro atoms. The van der Waals surface area contributed by atoms with Crippen molar-refractivity contribution < 1.29 is 54.3 Å². The predicted molar refractivity (Wildman–Crippen MR) is 226 cm³/mol. The predicted octanol–water partition coefficient (Wildman–Crippen LogP) is -0.531. The quantitative estimate of drug-likeness (QED) is 0.0356. The van der Waals surface area contributed by atoms with Crippen LogP contribution in [0.2, 0.25) is 0 Å². The van der Waals surface area contributed by atoms with Gasteiger partial charge < -0.3 is 59.3 Å². The number of rotatable bonds is 36. The van der Waals surface area contributed by atoms with Gasteiger partial charge in [0.2, 0.25) is 41.4 Å². The number of carbonyl (C=O) groups is 8. The first-order chi connectivity index (χ1) is 28.6. The Hall–Kier alpha value is -4.62. The topological polar surface area (TPSA) is 329 Å². The third-order valence-corrected chi connectivity index (χ3v) is 9.90. The van der Waals surface area contributed by atoms with E-state index in [-0.39, 0.29) is 43.1 Å². The molecule has 0 aliphatic rings. The Morgan fingerprint density at radius 3 is 1.45 bits per heavy atom. The maximum atomic E-state index is 13.5. The van der Waals surface area contributed by atoms with Gasteiger partial charge in [-0.3, -0.25) is 38.4 Å². The SMILES string of the molecule is CCCCCCCCCCCCCCCC(=O)NCC(=O)N[C@@H](CO)C(=O)N[C@H](CCC(N)=O)C(=O)N[C@@H](C/C(N)=C/[NH3+])C(=O)N[C@@H](CO)C(=O)N[C@@H](CCCC)C(C)=O. The van der Waals surface area contributed by atoms with Crippen LogP contribution >= 0.6 is 0 Å². The molecule has 5 atom stereocenters. The molecule has 15 N–H and O–H groups in total. The fourth-order valence-corrected chi connectivity index (χ4v) is 6.16. The highest BCUT2D eigenvalue weighted by Gasteiger charge is 2.32. The molecular weight excluding hydrogens is 779 g/mol. The maximum absolute atomic E-state index is 13.5. The van der Waals surface area contributed by atoms with Gasteiger partial charge in [0.1, 0.15) is 30.4 Å². The molecule has 0 aliphatic heterocycles. The van der Waals surface area contributed by atoms with Crippen molar-refractivity contribution in [3.63, 3.8) is 0 Å². The smallest absolute Gasteiger partial charge is 0.245 e. The molecule has 0 bridgehead atoms. The highest BCUT2D eigenvalue weighted by Crippen LogP contribution is 2.13. The van der Waals surface area contributed by atoms with Crippen molar-refractivity contribution in [2.45, 2.75) is 179 Å². The molecule has 0 aromatic rings. The fraction of sp³-hybridized carbons (Fsp3) is 0.756. The molecule has 0 saturated carbocycles. The number of carbonyl (C=O) groups excluding carboxylic acids is 8. The van der Waals surface area contributed by atoms with Crippen molar-refractivity contribution >= 4 is 47.1 Å². The Morgan fingerprint density at radius 2 is 0.967 bits per heavy atom. The van der Waals surface area contributed by atoms with Gasteiger partial charge in [0.15, 0.2) is 5.78 Å². The summed E-state index contributed by atoms with van der Waals surface area (Å²) >= 11 is 0. The van der Waals surface area contributed by atoms with E-state index in [0.29, 0.717) is 19.3 Å². The van der Waals surface area contributed by atoms with Crippen molar-refractivity contribution in [3.8, 4) is 0 Å². The number of nitrogens with two attached hydrogens (primary N) is 2. The number of Topliss-reactive ketones (excluding diaryl/α,β-unsaturated/α-hetero) is 1. The number of primary amides is 1. The van der Waals surface area contributed by atoms with Gasteiger partial charge in [0.05, 0.1) is 31.5 Å². The number of nitrogens with one attached hydrogen (secondary N) is 6. The van der Waals surface area contributed by atoms with Gasteiger partial charge in [-0.05, 0) is 26.2 Å².